The van der Waals surface area contributed by atoms with Crippen LogP contribution in [-0.2, 0) is 55.5 Å². The van der Waals surface area contributed by atoms with Crippen molar-refractivity contribution in [2.75, 3.05) is 33.5 Å². The normalized spacial score (nSPS) is 18.2. The minimum atomic E-state index is -4.80. The molecule has 15 nitrogen and oxygen atoms in total. The second-order valence-corrected chi connectivity index (χ2v) is 21.2. The van der Waals surface area contributed by atoms with E-state index in [1.54, 1.807) is 79.9 Å². The highest BCUT2D eigenvalue weighted by Crippen LogP contribution is 2.52. The van der Waals surface area contributed by atoms with Crippen molar-refractivity contribution in [3.05, 3.63) is 139 Å². The van der Waals surface area contributed by atoms with Crippen molar-refractivity contribution >= 4 is 54.9 Å². The number of phosphoric acid groups is 1. The topological polar surface area (TPSA) is 165 Å². The molecule has 4 aromatic carbocycles. The Hall–Kier alpha value is -4.54. The number of unbranched alkanes of at least 4 members (excludes halogenated alkanes) is 8. The number of hydrogen-bond acceptors (Lipinski definition) is 14. The quantitative estimate of drug-likeness (QED) is 0.0157. The number of methoxy groups -OCH3 is 1. The lowest BCUT2D eigenvalue weighted by molar-refractivity contribution is -0.271. The zero-order valence-corrected chi connectivity index (χ0v) is 44.7. The summed E-state index contributed by atoms with van der Waals surface area (Å²) in [4.78, 5) is 26.9. The van der Waals surface area contributed by atoms with Crippen LogP contribution >= 0.6 is 42.6 Å². The van der Waals surface area contributed by atoms with Crippen molar-refractivity contribution in [2.24, 2.45) is 0 Å². The van der Waals surface area contributed by atoms with Gasteiger partial charge in [-0.2, -0.15) is 0 Å². The molecule has 1 amide bonds. The summed E-state index contributed by atoms with van der Waals surface area (Å²) in [5.41, 5.74) is 1.67. The predicted molar refractivity (Wildman–Crippen MR) is 280 cm³/mol. The maximum Gasteiger partial charge on any atom is 0.588 e. The van der Waals surface area contributed by atoms with E-state index in [0.717, 1.165) is 42.6 Å². The molecule has 0 saturated carbocycles. The number of benzene rings is 4. The fourth-order valence-corrected chi connectivity index (χ4v) is 9.35. The van der Waals surface area contributed by atoms with Crippen molar-refractivity contribution in [1.82, 2.24) is 5.32 Å². The van der Waals surface area contributed by atoms with Crippen LogP contribution in [-0.4, -0.2) is 86.3 Å². The van der Waals surface area contributed by atoms with Crippen LogP contribution in [0.1, 0.15) is 88.7 Å². The van der Waals surface area contributed by atoms with Crippen LogP contribution in [0.4, 0.5) is 9.59 Å². The van der Waals surface area contributed by atoms with Gasteiger partial charge in [-0.1, -0.05) is 184 Å². The van der Waals surface area contributed by atoms with Crippen LogP contribution in [0, 0.1) is 0 Å². The van der Waals surface area contributed by atoms with E-state index in [4.69, 9.17) is 86.3 Å². The molecule has 1 aliphatic heterocycles. The van der Waals surface area contributed by atoms with Crippen LogP contribution in [0.25, 0.3) is 0 Å². The molecule has 6 atom stereocenters. The van der Waals surface area contributed by atoms with Crippen LogP contribution in [0.2, 0.25) is 0 Å². The van der Waals surface area contributed by atoms with E-state index in [2.05, 4.69) is 18.8 Å². The van der Waals surface area contributed by atoms with Gasteiger partial charge >= 0.3 is 20.1 Å². The molecule has 1 heterocycles. The van der Waals surface area contributed by atoms with Gasteiger partial charge in [-0.05, 0) is 60.4 Å². The molecular weight excluding hydrogens is 1020 g/mol. The molecule has 73 heavy (non-hydrogen) atoms. The Labute approximate surface area is 444 Å². The summed E-state index contributed by atoms with van der Waals surface area (Å²) in [6, 6.07) is 31.9. The first-order chi connectivity index (χ1) is 35.4. The van der Waals surface area contributed by atoms with Gasteiger partial charge in [-0.15, -0.1) is 6.58 Å². The van der Waals surface area contributed by atoms with Gasteiger partial charge in [-0.3, -0.25) is 4.52 Å². The molecule has 0 radical (unpaired) electrons. The molecule has 1 saturated heterocycles. The Morgan fingerprint density at radius 3 is 1.89 bits per heavy atom. The molecule has 19 heteroatoms. The zero-order valence-electron chi connectivity index (χ0n) is 41.5. The minimum Gasteiger partial charge on any atom is -0.497 e. The lowest BCUT2D eigenvalue weighted by Gasteiger charge is -2.45. The highest BCUT2D eigenvalue weighted by molar-refractivity contribution is 7.49. The zero-order chi connectivity index (χ0) is 52.2. The number of carbonyl (C=O) groups is 2. The molecule has 5 rings (SSSR count). The van der Waals surface area contributed by atoms with E-state index in [1.165, 1.54) is 44.6 Å². The van der Waals surface area contributed by atoms with E-state index in [0.29, 0.717) is 13.0 Å². The number of rotatable bonds is 33. The molecule has 0 bridgehead atoms. The van der Waals surface area contributed by atoms with E-state index < -0.39 is 67.7 Å². The van der Waals surface area contributed by atoms with E-state index in [-0.39, 0.29) is 37.4 Å². The first-order valence-electron chi connectivity index (χ1n) is 24.7. The number of carbonyl (C=O) groups excluding carboxylic acids is 2. The number of alkyl carbamates (subject to hydrolysis) is 1. The number of ether oxygens (including phenoxy) is 8. The molecule has 0 aromatic heterocycles. The smallest absolute Gasteiger partial charge is 0.497 e. The summed E-state index contributed by atoms with van der Waals surface area (Å²) in [7, 11) is -3.18. The molecule has 1 fully saturated rings. The van der Waals surface area contributed by atoms with Gasteiger partial charge in [0.1, 0.15) is 61.4 Å². The molecule has 0 aliphatic carbocycles. The number of hydrogen-bond donors (Lipinski definition) is 1. The highest BCUT2D eigenvalue weighted by atomic mass is 35.6. The van der Waals surface area contributed by atoms with Crippen molar-refractivity contribution < 1.29 is 65.6 Å². The van der Waals surface area contributed by atoms with Crippen LogP contribution in [0.5, 0.6) is 17.2 Å². The summed E-state index contributed by atoms with van der Waals surface area (Å²) in [6.45, 7) is 4.97. The average Bonchev–Trinajstić information content (AvgIpc) is 3.39. The Kier molecular flexibility index (Phi) is 26.6. The monoisotopic (exact) mass is 1090 g/mol. The van der Waals surface area contributed by atoms with E-state index >= 15 is 4.57 Å². The molecular formula is C54H69Cl3NO14P. The Morgan fingerprint density at radius 1 is 0.712 bits per heavy atom. The SMILES string of the molecule is C=CCO[C@H]1O[C@H](COC(=O)OCc2ccccc2)[C@@H](OP(=O)(Oc2ccccc2)Oc2ccccc2)[C@H](OCC[C@@H](CCCCCCCCCCC)OCc2ccc(OC)cc2)[C@H]1NC(=O)OCC(Cl)(Cl)Cl. The number of para-hydroxylation sites is 2. The van der Waals surface area contributed by atoms with Crippen molar-refractivity contribution in [1.29, 1.82) is 0 Å². The van der Waals surface area contributed by atoms with E-state index in [9.17, 15) is 9.59 Å². The fourth-order valence-electron chi connectivity index (χ4n) is 7.75. The maximum absolute atomic E-state index is 15.3. The molecule has 0 unspecified atom stereocenters. The number of alkyl halides is 3. The van der Waals surface area contributed by atoms with Crippen molar-refractivity contribution in [3.63, 3.8) is 0 Å². The summed E-state index contributed by atoms with van der Waals surface area (Å²) >= 11 is 17.9. The fraction of sp³-hybridized carbons (Fsp3) is 0.481. The van der Waals surface area contributed by atoms with Crippen LogP contribution < -0.4 is 19.1 Å². The number of halogens is 3. The lowest BCUT2D eigenvalue weighted by atomic mass is 9.96. The largest absolute Gasteiger partial charge is 0.588 e. The highest BCUT2D eigenvalue weighted by Gasteiger charge is 2.53. The predicted octanol–water partition coefficient (Wildman–Crippen LogP) is 13.7. The Bertz CT molecular complexity index is 2170. The number of phosphoric ester groups is 1. The van der Waals surface area contributed by atoms with Crippen molar-refractivity contribution in [2.45, 2.75) is 131 Å². The minimum absolute atomic E-state index is 0.000865. The summed E-state index contributed by atoms with van der Waals surface area (Å²) in [5.74, 6) is 1.00. The second-order valence-electron chi connectivity index (χ2n) is 17.2. The Morgan fingerprint density at radius 2 is 1.30 bits per heavy atom. The molecule has 4 aromatic rings. The summed E-state index contributed by atoms with van der Waals surface area (Å²) in [5, 5.41) is 2.73. The number of amides is 1. The summed E-state index contributed by atoms with van der Waals surface area (Å²) < 4.78 is 79.7. The van der Waals surface area contributed by atoms with Gasteiger partial charge in [-0.25, -0.2) is 14.2 Å². The van der Waals surface area contributed by atoms with Gasteiger partial charge in [0.15, 0.2) is 6.29 Å². The van der Waals surface area contributed by atoms with Gasteiger partial charge in [0, 0.05) is 6.61 Å². The van der Waals surface area contributed by atoms with Gasteiger partial charge in [0.2, 0.25) is 3.79 Å². The third-order valence-corrected chi connectivity index (χ3v) is 13.1. The maximum atomic E-state index is 15.3. The Balaban J connectivity index is 1.48. The molecule has 400 valence electrons. The van der Waals surface area contributed by atoms with Crippen LogP contribution in [0.15, 0.2) is 128 Å². The first-order valence-corrected chi connectivity index (χ1v) is 27.3. The first kappa shape index (κ1) is 59.3. The molecule has 1 aliphatic rings. The van der Waals surface area contributed by atoms with Crippen molar-refractivity contribution in [3.8, 4) is 17.2 Å². The van der Waals surface area contributed by atoms with Gasteiger partial charge in [0.05, 0.1) is 26.4 Å². The molecule has 0 spiro atoms. The average molecular weight is 1090 g/mol. The standard InChI is InChI=1S/C54H69Cl3NO14P/c1-4-6-7-8-9-10-11-12-18-25-44(65-37-42-30-32-43(62-3)33-31-42)34-36-63-50-48(58-52(59)68-40-54(55,56)57)51(64-35-5-2)69-47(39-67-53(60)66-38-41-23-16-13-17-24-41)49(50)72-73(61,70-45-26-19-14-20-27-45)71-46-28-21-15-22-29-46/h5,13-17,19-24,26-33,44,47-51H,2,4,6-12,18,25,34-40H2,1,3H3,(H,58,59)/t44-,47-,48-,49-,50-,51+/m1/s1. The second kappa shape index (κ2) is 32.7. The number of nitrogens with one attached hydrogen (secondary N) is 1. The third-order valence-electron chi connectivity index (χ3n) is 11.4. The van der Waals surface area contributed by atoms with Gasteiger partial charge < -0.3 is 52.3 Å². The summed E-state index contributed by atoms with van der Waals surface area (Å²) in [6.07, 6.45) is 5.02. The third kappa shape index (κ3) is 22.9. The van der Waals surface area contributed by atoms with E-state index in [1.807, 2.05) is 42.5 Å². The van der Waals surface area contributed by atoms with Crippen LogP contribution in [0.3, 0.4) is 0 Å². The van der Waals surface area contributed by atoms with Gasteiger partial charge in [0.25, 0.3) is 0 Å². The molecule has 1 N–H and O–H groups in total. The lowest BCUT2D eigenvalue weighted by Crippen LogP contribution is -2.66.